The van der Waals surface area contributed by atoms with Crippen LogP contribution in [0.5, 0.6) is 0 Å². The molecular weight excluding hydrogens is 337 g/mol. The predicted molar refractivity (Wildman–Crippen MR) is 83.5 cm³/mol. The van der Waals surface area contributed by atoms with Gasteiger partial charge in [-0.25, -0.2) is 9.78 Å². The van der Waals surface area contributed by atoms with E-state index in [4.69, 9.17) is 5.11 Å². The maximum atomic E-state index is 12.9. The van der Waals surface area contributed by atoms with Gasteiger partial charge in [-0.05, 0) is 24.0 Å². The summed E-state index contributed by atoms with van der Waals surface area (Å²) in [6, 6.07) is 3.58. The van der Waals surface area contributed by atoms with E-state index in [9.17, 15) is 18.0 Å². The average Bonchev–Trinajstić information content (AvgIpc) is 3.14. The Morgan fingerprint density at radius 2 is 2.16 bits per heavy atom. The Morgan fingerprint density at radius 1 is 1.40 bits per heavy atom. The number of carboxylic acids is 1. The average molecular weight is 354 g/mol. The second kappa shape index (κ2) is 6.38. The predicted octanol–water partition coefficient (Wildman–Crippen LogP) is 2.89. The minimum atomic E-state index is -4.81. The molecule has 0 aliphatic carbocycles. The van der Waals surface area contributed by atoms with Gasteiger partial charge in [-0.2, -0.15) is 18.3 Å². The smallest absolute Gasteiger partial charge is 0.436 e. The molecule has 1 aliphatic heterocycles. The van der Waals surface area contributed by atoms with Crippen molar-refractivity contribution in [2.45, 2.75) is 26.1 Å². The Morgan fingerprint density at radius 3 is 2.64 bits per heavy atom. The van der Waals surface area contributed by atoms with E-state index >= 15 is 0 Å². The fourth-order valence-corrected chi connectivity index (χ4v) is 2.90. The molecule has 1 unspecified atom stereocenters. The molecule has 0 amide bonds. The first kappa shape index (κ1) is 17.2. The fourth-order valence-electron chi connectivity index (χ4n) is 2.90. The highest BCUT2D eigenvalue weighted by atomic mass is 19.4. The van der Waals surface area contributed by atoms with Crippen LogP contribution in [-0.4, -0.2) is 38.9 Å². The van der Waals surface area contributed by atoms with Gasteiger partial charge in [-0.1, -0.05) is 13.0 Å². The van der Waals surface area contributed by atoms with Crippen molar-refractivity contribution in [3.63, 3.8) is 0 Å². The van der Waals surface area contributed by atoms with E-state index in [1.807, 2.05) is 6.07 Å². The first-order chi connectivity index (χ1) is 11.7. The number of carboxylic acid groups (broad SMARTS) is 1. The second-order valence-corrected chi connectivity index (χ2v) is 6.26. The van der Waals surface area contributed by atoms with Crippen molar-refractivity contribution < 1.29 is 23.1 Å². The van der Waals surface area contributed by atoms with Gasteiger partial charge in [0.25, 0.3) is 0 Å². The first-order valence-electron chi connectivity index (χ1n) is 7.82. The number of rotatable bonds is 4. The number of nitrogens with zero attached hydrogens (tertiary/aromatic N) is 4. The van der Waals surface area contributed by atoms with Crippen LogP contribution in [0.2, 0.25) is 0 Å². The lowest BCUT2D eigenvalue weighted by atomic mass is 10.2. The summed E-state index contributed by atoms with van der Waals surface area (Å²) in [6.07, 6.45) is -1.24. The molecule has 1 N–H and O–H groups in total. The Bertz CT molecular complexity index is 771. The van der Waals surface area contributed by atoms with Gasteiger partial charge >= 0.3 is 12.1 Å². The highest BCUT2D eigenvalue weighted by molar-refractivity contribution is 5.88. The lowest BCUT2D eigenvalue weighted by Gasteiger charge is -2.17. The quantitative estimate of drug-likeness (QED) is 0.914. The summed E-state index contributed by atoms with van der Waals surface area (Å²) in [5, 5.41) is 12.3. The van der Waals surface area contributed by atoms with Gasteiger partial charge in [0.15, 0.2) is 5.69 Å². The number of halogens is 3. The molecule has 0 spiro atoms. The molecule has 1 atom stereocenters. The maximum Gasteiger partial charge on any atom is 0.436 e. The van der Waals surface area contributed by atoms with Crippen LogP contribution in [0.15, 0.2) is 24.5 Å². The number of anilines is 1. The van der Waals surface area contributed by atoms with E-state index in [0.29, 0.717) is 11.5 Å². The van der Waals surface area contributed by atoms with Gasteiger partial charge in [-0.3, -0.25) is 4.68 Å². The molecule has 9 heteroatoms. The zero-order valence-electron chi connectivity index (χ0n) is 13.5. The van der Waals surface area contributed by atoms with Crippen molar-refractivity contribution in [3.05, 3.63) is 41.3 Å². The molecule has 1 aliphatic rings. The van der Waals surface area contributed by atoms with Crippen LogP contribution in [0.25, 0.3) is 0 Å². The third-order valence-electron chi connectivity index (χ3n) is 4.16. The molecule has 3 rings (SSSR count). The molecule has 25 heavy (non-hydrogen) atoms. The Hall–Kier alpha value is -2.58. The lowest BCUT2D eigenvalue weighted by Crippen LogP contribution is -2.20. The second-order valence-electron chi connectivity index (χ2n) is 6.26. The van der Waals surface area contributed by atoms with Crippen LogP contribution < -0.4 is 4.90 Å². The number of pyridine rings is 1. The zero-order chi connectivity index (χ0) is 18.2. The van der Waals surface area contributed by atoms with Crippen molar-refractivity contribution in [1.82, 2.24) is 14.8 Å². The van der Waals surface area contributed by atoms with Crippen LogP contribution in [0.3, 0.4) is 0 Å². The first-order valence-corrected chi connectivity index (χ1v) is 7.82. The Labute approximate surface area is 141 Å². The lowest BCUT2D eigenvalue weighted by molar-refractivity contribution is -0.142. The fraction of sp³-hybridized carbons (Fsp3) is 0.438. The molecule has 0 radical (unpaired) electrons. The standard InChI is InChI=1S/C16H17F3N4O2/c1-10-4-5-22(7-10)13-3-2-11(6-20-13)8-23-9-12(15(24)25)14(21-23)16(17,18)19/h2-3,6,9-10H,4-5,7-8H2,1H3,(H,24,25). The summed E-state index contributed by atoms with van der Waals surface area (Å²) in [6.45, 7) is 4.05. The van der Waals surface area contributed by atoms with Crippen LogP contribution in [0.1, 0.15) is 35.0 Å². The van der Waals surface area contributed by atoms with E-state index in [2.05, 4.69) is 21.9 Å². The van der Waals surface area contributed by atoms with Gasteiger partial charge in [0.05, 0.1) is 6.54 Å². The number of hydrogen-bond acceptors (Lipinski definition) is 4. The number of aromatic carboxylic acids is 1. The van der Waals surface area contributed by atoms with E-state index in [1.54, 1.807) is 12.3 Å². The normalized spacial score (nSPS) is 17.9. The van der Waals surface area contributed by atoms with Crippen molar-refractivity contribution in [3.8, 4) is 0 Å². The molecule has 3 heterocycles. The zero-order valence-corrected chi connectivity index (χ0v) is 13.5. The van der Waals surface area contributed by atoms with Crippen LogP contribution in [0, 0.1) is 5.92 Å². The highest BCUT2D eigenvalue weighted by Gasteiger charge is 2.39. The van der Waals surface area contributed by atoms with Gasteiger partial charge < -0.3 is 10.0 Å². The molecule has 0 aromatic carbocycles. The van der Waals surface area contributed by atoms with E-state index < -0.39 is 23.4 Å². The third-order valence-corrected chi connectivity index (χ3v) is 4.16. The van der Waals surface area contributed by atoms with Crippen molar-refractivity contribution >= 4 is 11.8 Å². The molecular formula is C16H17F3N4O2. The topological polar surface area (TPSA) is 71.2 Å². The van der Waals surface area contributed by atoms with Crippen LogP contribution in [0.4, 0.5) is 19.0 Å². The summed E-state index contributed by atoms with van der Waals surface area (Å²) in [4.78, 5) is 17.5. The molecule has 134 valence electrons. The van der Waals surface area contributed by atoms with E-state index in [1.165, 1.54) is 0 Å². The molecule has 1 fully saturated rings. The molecule has 2 aromatic rings. The van der Waals surface area contributed by atoms with Crippen LogP contribution in [-0.2, 0) is 12.7 Å². The number of aromatic nitrogens is 3. The SMILES string of the molecule is CC1CCN(c2ccc(Cn3cc(C(=O)O)c(C(F)(F)F)n3)cn2)C1. The molecule has 2 aromatic heterocycles. The summed E-state index contributed by atoms with van der Waals surface area (Å²) >= 11 is 0. The van der Waals surface area contributed by atoms with Gasteiger partial charge in [0, 0.05) is 25.5 Å². The number of hydrogen-bond donors (Lipinski definition) is 1. The number of carbonyl (C=O) groups is 1. The van der Waals surface area contributed by atoms with E-state index in [-0.39, 0.29) is 6.54 Å². The third kappa shape index (κ3) is 3.75. The molecule has 6 nitrogen and oxygen atoms in total. The van der Waals surface area contributed by atoms with Crippen molar-refractivity contribution in [2.75, 3.05) is 18.0 Å². The Balaban J connectivity index is 1.77. The van der Waals surface area contributed by atoms with E-state index in [0.717, 1.165) is 36.2 Å². The monoisotopic (exact) mass is 354 g/mol. The highest BCUT2D eigenvalue weighted by Crippen LogP contribution is 2.31. The maximum absolute atomic E-state index is 12.9. The summed E-state index contributed by atoms with van der Waals surface area (Å²) < 4.78 is 39.6. The van der Waals surface area contributed by atoms with Gasteiger partial charge in [0.2, 0.25) is 0 Å². The van der Waals surface area contributed by atoms with Crippen molar-refractivity contribution in [1.29, 1.82) is 0 Å². The largest absolute Gasteiger partial charge is 0.478 e. The van der Waals surface area contributed by atoms with Gasteiger partial charge in [-0.15, -0.1) is 0 Å². The van der Waals surface area contributed by atoms with Crippen LogP contribution >= 0.6 is 0 Å². The molecule has 1 saturated heterocycles. The summed E-state index contributed by atoms with van der Waals surface area (Å²) in [7, 11) is 0. The van der Waals surface area contributed by atoms with Crippen molar-refractivity contribution in [2.24, 2.45) is 5.92 Å². The van der Waals surface area contributed by atoms with Gasteiger partial charge in [0.1, 0.15) is 11.4 Å². The number of alkyl halides is 3. The minimum Gasteiger partial charge on any atom is -0.478 e. The summed E-state index contributed by atoms with van der Waals surface area (Å²) in [5.74, 6) is -0.216. The summed E-state index contributed by atoms with van der Waals surface area (Å²) in [5.41, 5.74) is -1.61. The minimum absolute atomic E-state index is 0.0139. The molecule has 0 bridgehead atoms. The Kier molecular flexibility index (Phi) is 4.40. The molecule has 0 saturated carbocycles.